The van der Waals surface area contributed by atoms with Gasteiger partial charge in [-0.25, -0.2) is 0 Å². The largest absolute Gasteiger partial charge is 0.378 e. The zero-order valence-corrected chi connectivity index (χ0v) is 11.3. The standard InChI is InChI=1S/C14H15ClN2O2/c15-12-1-2-13(11(7-12)8-16)17-4-6-19-14(9-17)3-5-18-10-14/h1-2,7H,3-6,9-10H2. The Labute approximate surface area is 117 Å². The molecular formula is C14H15ClN2O2. The van der Waals surface area contributed by atoms with Gasteiger partial charge >= 0.3 is 0 Å². The van der Waals surface area contributed by atoms with Crippen molar-refractivity contribution in [1.29, 1.82) is 5.26 Å². The monoisotopic (exact) mass is 278 g/mol. The maximum Gasteiger partial charge on any atom is 0.111 e. The third-order valence-electron chi connectivity index (χ3n) is 3.74. The van der Waals surface area contributed by atoms with E-state index in [1.807, 2.05) is 12.1 Å². The van der Waals surface area contributed by atoms with E-state index in [0.717, 1.165) is 31.8 Å². The number of hydrogen-bond acceptors (Lipinski definition) is 4. The number of nitrogens with zero attached hydrogens (tertiary/aromatic N) is 2. The Hall–Kier alpha value is -1.28. The molecule has 2 fully saturated rings. The third kappa shape index (κ3) is 2.42. The van der Waals surface area contributed by atoms with Crippen molar-refractivity contribution in [3.05, 3.63) is 28.8 Å². The van der Waals surface area contributed by atoms with Crippen molar-refractivity contribution >= 4 is 17.3 Å². The minimum atomic E-state index is -0.204. The van der Waals surface area contributed by atoms with Gasteiger partial charge in [-0.05, 0) is 18.2 Å². The van der Waals surface area contributed by atoms with Crippen LogP contribution in [0.3, 0.4) is 0 Å². The summed E-state index contributed by atoms with van der Waals surface area (Å²) in [4.78, 5) is 2.20. The molecule has 2 heterocycles. The van der Waals surface area contributed by atoms with Gasteiger partial charge in [0, 0.05) is 31.1 Å². The lowest BCUT2D eigenvalue weighted by Gasteiger charge is -2.40. The van der Waals surface area contributed by atoms with E-state index in [2.05, 4.69) is 11.0 Å². The summed E-state index contributed by atoms with van der Waals surface area (Å²) in [5.74, 6) is 0. The molecule has 0 aliphatic carbocycles. The molecule has 2 aliphatic rings. The maximum atomic E-state index is 9.24. The Morgan fingerprint density at radius 2 is 2.26 bits per heavy atom. The lowest BCUT2D eigenvalue weighted by molar-refractivity contribution is -0.0579. The molecule has 0 bridgehead atoms. The van der Waals surface area contributed by atoms with Crippen LogP contribution in [0.5, 0.6) is 0 Å². The normalized spacial score (nSPS) is 26.6. The zero-order valence-electron chi connectivity index (χ0n) is 10.6. The first-order valence-corrected chi connectivity index (χ1v) is 6.77. The highest BCUT2D eigenvalue weighted by molar-refractivity contribution is 6.30. The van der Waals surface area contributed by atoms with Crippen molar-refractivity contribution in [3.63, 3.8) is 0 Å². The van der Waals surface area contributed by atoms with E-state index in [1.165, 1.54) is 0 Å². The van der Waals surface area contributed by atoms with Gasteiger partial charge in [-0.2, -0.15) is 5.26 Å². The molecule has 0 N–H and O–H groups in total. The molecule has 0 amide bonds. The summed E-state index contributed by atoms with van der Waals surface area (Å²) in [7, 11) is 0. The summed E-state index contributed by atoms with van der Waals surface area (Å²) in [5.41, 5.74) is 1.34. The average molecular weight is 279 g/mol. The number of rotatable bonds is 1. The second kappa shape index (κ2) is 5.01. The molecule has 4 nitrogen and oxygen atoms in total. The molecule has 0 saturated carbocycles. The van der Waals surface area contributed by atoms with Crippen molar-refractivity contribution in [2.75, 3.05) is 37.8 Å². The van der Waals surface area contributed by atoms with Crippen LogP contribution < -0.4 is 4.90 Å². The van der Waals surface area contributed by atoms with E-state index >= 15 is 0 Å². The minimum absolute atomic E-state index is 0.204. The van der Waals surface area contributed by atoms with Crippen molar-refractivity contribution < 1.29 is 9.47 Å². The van der Waals surface area contributed by atoms with Crippen molar-refractivity contribution in [2.45, 2.75) is 12.0 Å². The molecule has 0 radical (unpaired) electrons. The van der Waals surface area contributed by atoms with E-state index in [1.54, 1.807) is 6.07 Å². The SMILES string of the molecule is N#Cc1cc(Cl)ccc1N1CCOC2(CCOC2)C1. The van der Waals surface area contributed by atoms with E-state index in [9.17, 15) is 5.26 Å². The molecule has 3 rings (SSSR count). The number of nitriles is 1. The first-order chi connectivity index (χ1) is 9.22. The Kier molecular flexibility index (Phi) is 3.36. The fourth-order valence-corrected chi connectivity index (χ4v) is 2.92. The summed E-state index contributed by atoms with van der Waals surface area (Å²) >= 11 is 5.94. The number of anilines is 1. The molecule has 2 aliphatic heterocycles. The second-order valence-electron chi connectivity index (χ2n) is 5.03. The second-order valence-corrected chi connectivity index (χ2v) is 5.47. The van der Waals surface area contributed by atoms with Gasteiger partial charge in [0.15, 0.2) is 0 Å². The van der Waals surface area contributed by atoms with E-state index in [4.69, 9.17) is 21.1 Å². The molecule has 1 aromatic rings. The predicted molar refractivity (Wildman–Crippen MR) is 72.5 cm³/mol. The molecule has 1 aromatic carbocycles. The molecule has 100 valence electrons. The Morgan fingerprint density at radius 3 is 3.00 bits per heavy atom. The van der Waals surface area contributed by atoms with Crippen LogP contribution in [0.1, 0.15) is 12.0 Å². The zero-order chi connectivity index (χ0) is 13.3. The fraction of sp³-hybridized carbons (Fsp3) is 0.500. The van der Waals surface area contributed by atoms with Crippen LogP contribution in [0.15, 0.2) is 18.2 Å². The highest BCUT2D eigenvalue weighted by Crippen LogP contribution is 2.32. The van der Waals surface area contributed by atoms with E-state index in [0.29, 0.717) is 23.8 Å². The summed E-state index contributed by atoms with van der Waals surface area (Å²) in [6.45, 7) is 3.61. The summed E-state index contributed by atoms with van der Waals surface area (Å²) in [5, 5.41) is 9.83. The maximum absolute atomic E-state index is 9.24. The third-order valence-corrected chi connectivity index (χ3v) is 3.97. The first-order valence-electron chi connectivity index (χ1n) is 6.39. The van der Waals surface area contributed by atoms with Crippen LogP contribution in [-0.2, 0) is 9.47 Å². The topological polar surface area (TPSA) is 45.5 Å². The van der Waals surface area contributed by atoms with Crippen LogP contribution >= 0.6 is 11.6 Å². The fourth-order valence-electron chi connectivity index (χ4n) is 2.75. The summed E-state index contributed by atoms with van der Waals surface area (Å²) in [6, 6.07) is 7.66. The lowest BCUT2D eigenvalue weighted by atomic mass is 9.99. The van der Waals surface area contributed by atoms with Gasteiger partial charge in [0.2, 0.25) is 0 Å². The molecule has 1 spiro atoms. The molecule has 5 heteroatoms. The van der Waals surface area contributed by atoms with E-state index < -0.39 is 0 Å². The predicted octanol–water partition coefficient (Wildman–Crippen LogP) is 2.21. The van der Waals surface area contributed by atoms with Crippen molar-refractivity contribution in [1.82, 2.24) is 0 Å². The number of ether oxygens (including phenoxy) is 2. The number of halogens is 1. The van der Waals surface area contributed by atoms with Gasteiger partial charge in [0.1, 0.15) is 11.7 Å². The molecule has 0 aromatic heterocycles. The molecule has 2 saturated heterocycles. The van der Waals surface area contributed by atoms with Crippen LogP contribution in [0.2, 0.25) is 5.02 Å². The Bertz CT molecular complexity index is 521. The van der Waals surface area contributed by atoms with Crippen LogP contribution in [0, 0.1) is 11.3 Å². The Morgan fingerprint density at radius 1 is 1.37 bits per heavy atom. The van der Waals surface area contributed by atoms with Gasteiger partial charge in [-0.3, -0.25) is 0 Å². The van der Waals surface area contributed by atoms with Crippen LogP contribution in [-0.4, -0.2) is 38.5 Å². The van der Waals surface area contributed by atoms with Crippen LogP contribution in [0.25, 0.3) is 0 Å². The van der Waals surface area contributed by atoms with Gasteiger partial charge in [-0.1, -0.05) is 11.6 Å². The highest BCUT2D eigenvalue weighted by atomic mass is 35.5. The molecule has 1 unspecified atom stereocenters. The summed E-state index contributed by atoms with van der Waals surface area (Å²) < 4.78 is 11.4. The van der Waals surface area contributed by atoms with E-state index in [-0.39, 0.29) is 5.60 Å². The van der Waals surface area contributed by atoms with Gasteiger partial charge in [0.25, 0.3) is 0 Å². The Balaban J connectivity index is 1.88. The smallest absolute Gasteiger partial charge is 0.111 e. The average Bonchev–Trinajstić information content (AvgIpc) is 2.86. The first kappa shape index (κ1) is 12.7. The quantitative estimate of drug-likeness (QED) is 0.790. The van der Waals surface area contributed by atoms with Crippen LogP contribution in [0.4, 0.5) is 5.69 Å². The van der Waals surface area contributed by atoms with Gasteiger partial charge in [0.05, 0.1) is 24.5 Å². The highest BCUT2D eigenvalue weighted by Gasteiger charge is 2.40. The molecule has 1 atom stereocenters. The summed E-state index contributed by atoms with van der Waals surface area (Å²) in [6.07, 6.45) is 0.916. The molecule has 19 heavy (non-hydrogen) atoms. The molecular weight excluding hydrogens is 264 g/mol. The lowest BCUT2D eigenvalue weighted by Crippen LogP contribution is -2.52. The van der Waals surface area contributed by atoms with Crippen molar-refractivity contribution in [3.8, 4) is 6.07 Å². The minimum Gasteiger partial charge on any atom is -0.378 e. The number of morpholine rings is 1. The number of hydrogen-bond donors (Lipinski definition) is 0. The van der Waals surface area contributed by atoms with Gasteiger partial charge in [-0.15, -0.1) is 0 Å². The van der Waals surface area contributed by atoms with Crippen molar-refractivity contribution in [2.24, 2.45) is 0 Å². The van der Waals surface area contributed by atoms with Gasteiger partial charge < -0.3 is 14.4 Å². The number of benzene rings is 1.